The van der Waals surface area contributed by atoms with Gasteiger partial charge in [-0.1, -0.05) is 25.3 Å². The molecule has 0 spiro atoms. The molecule has 1 amide bonds. The lowest BCUT2D eigenvalue weighted by atomic mass is 9.93. The van der Waals surface area contributed by atoms with Gasteiger partial charge in [0.1, 0.15) is 5.69 Å². The summed E-state index contributed by atoms with van der Waals surface area (Å²) in [6.07, 6.45) is 7.48. The van der Waals surface area contributed by atoms with Gasteiger partial charge in [0.15, 0.2) is 0 Å². The van der Waals surface area contributed by atoms with Crippen LogP contribution in [0.1, 0.15) is 78.1 Å². The van der Waals surface area contributed by atoms with E-state index in [-0.39, 0.29) is 11.9 Å². The maximum atomic E-state index is 13.4. The molecule has 1 heterocycles. The highest BCUT2D eigenvalue weighted by molar-refractivity contribution is 6.01. The van der Waals surface area contributed by atoms with Gasteiger partial charge in [0, 0.05) is 24.8 Å². The molecule has 144 valence electrons. The average molecular weight is 360 g/mol. The highest BCUT2D eigenvalue weighted by atomic mass is 16.5. The standard InChI is InChI=1S/C21H32N2O3/c1-6-14-23-16(5)18(15(4)19(23)21(25)26-8-3)20(24)22(7-2)17-12-10-9-11-13-17/h6,17H,1,7-14H2,2-5H3. The Morgan fingerprint density at radius 3 is 2.42 bits per heavy atom. The van der Waals surface area contributed by atoms with Crippen molar-refractivity contribution in [3.8, 4) is 0 Å². The van der Waals surface area contributed by atoms with Crippen molar-refractivity contribution in [1.29, 1.82) is 0 Å². The second kappa shape index (κ2) is 9.06. The van der Waals surface area contributed by atoms with Gasteiger partial charge in [0.25, 0.3) is 5.91 Å². The number of amides is 1. The maximum Gasteiger partial charge on any atom is 0.355 e. The number of nitrogens with zero attached hydrogens (tertiary/aromatic N) is 2. The average Bonchev–Trinajstić information content (AvgIpc) is 2.87. The van der Waals surface area contributed by atoms with Crippen molar-refractivity contribution in [2.45, 2.75) is 72.4 Å². The number of ether oxygens (including phenoxy) is 1. The highest BCUT2D eigenvalue weighted by Gasteiger charge is 2.32. The zero-order chi connectivity index (χ0) is 19.3. The number of carbonyl (C=O) groups excluding carboxylic acids is 2. The Bertz CT molecular complexity index is 669. The van der Waals surface area contributed by atoms with Gasteiger partial charge in [-0.2, -0.15) is 0 Å². The van der Waals surface area contributed by atoms with Gasteiger partial charge in [0.2, 0.25) is 0 Å². The summed E-state index contributed by atoms with van der Waals surface area (Å²) in [5.41, 5.74) is 2.63. The fourth-order valence-corrected chi connectivity index (χ4v) is 4.13. The Hall–Kier alpha value is -2.04. The molecule has 0 unspecified atom stereocenters. The molecular formula is C21H32N2O3. The molecule has 0 N–H and O–H groups in total. The first-order valence-corrected chi connectivity index (χ1v) is 9.76. The summed E-state index contributed by atoms with van der Waals surface area (Å²) in [4.78, 5) is 27.9. The third kappa shape index (κ3) is 3.87. The van der Waals surface area contributed by atoms with E-state index in [0.717, 1.165) is 18.5 Å². The predicted molar refractivity (Wildman–Crippen MR) is 104 cm³/mol. The molecule has 1 aromatic heterocycles. The van der Waals surface area contributed by atoms with Crippen molar-refractivity contribution >= 4 is 11.9 Å². The smallest absolute Gasteiger partial charge is 0.355 e. The first-order valence-electron chi connectivity index (χ1n) is 9.76. The fourth-order valence-electron chi connectivity index (χ4n) is 4.13. The first kappa shape index (κ1) is 20.3. The largest absolute Gasteiger partial charge is 0.461 e. The number of allylic oxidation sites excluding steroid dienone is 1. The van der Waals surface area contributed by atoms with Crippen LogP contribution in [-0.2, 0) is 11.3 Å². The Kier molecular flexibility index (Phi) is 7.06. The zero-order valence-electron chi connectivity index (χ0n) is 16.6. The van der Waals surface area contributed by atoms with Gasteiger partial charge >= 0.3 is 5.97 Å². The van der Waals surface area contributed by atoms with E-state index in [4.69, 9.17) is 4.74 Å². The minimum absolute atomic E-state index is 0.0303. The highest BCUT2D eigenvalue weighted by Crippen LogP contribution is 2.28. The molecule has 0 radical (unpaired) electrons. The summed E-state index contributed by atoms with van der Waals surface area (Å²) in [5.74, 6) is -0.350. The van der Waals surface area contributed by atoms with Gasteiger partial charge in [-0.3, -0.25) is 4.79 Å². The number of rotatable bonds is 7. The predicted octanol–water partition coefficient (Wildman–Crippen LogP) is 4.26. The lowest BCUT2D eigenvalue weighted by Gasteiger charge is -2.34. The van der Waals surface area contributed by atoms with Crippen molar-refractivity contribution in [2.75, 3.05) is 13.2 Å². The van der Waals surface area contributed by atoms with Gasteiger partial charge in [-0.25, -0.2) is 4.79 Å². The SMILES string of the molecule is C=CCn1c(C)c(C(=O)N(CC)C2CCCCC2)c(C)c1C(=O)OCC. The molecule has 1 aliphatic carbocycles. The minimum Gasteiger partial charge on any atom is -0.461 e. The van der Waals surface area contributed by atoms with Crippen LogP contribution in [0.3, 0.4) is 0 Å². The summed E-state index contributed by atoms with van der Waals surface area (Å²) in [7, 11) is 0. The molecule has 5 nitrogen and oxygen atoms in total. The number of aromatic nitrogens is 1. The normalized spacial score (nSPS) is 14.9. The van der Waals surface area contributed by atoms with E-state index < -0.39 is 0 Å². The Balaban J connectivity index is 2.46. The summed E-state index contributed by atoms with van der Waals surface area (Å²) in [6, 6.07) is 0.300. The Morgan fingerprint density at radius 2 is 1.88 bits per heavy atom. The number of carbonyl (C=O) groups is 2. The van der Waals surface area contributed by atoms with Gasteiger partial charge in [0.05, 0.1) is 12.2 Å². The number of hydrogen-bond donors (Lipinski definition) is 0. The van der Waals surface area contributed by atoms with E-state index in [9.17, 15) is 9.59 Å². The maximum absolute atomic E-state index is 13.4. The molecule has 0 atom stereocenters. The van der Waals surface area contributed by atoms with Crippen molar-refractivity contribution in [3.63, 3.8) is 0 Å². The molecule has 1 saturated carbocycles. The van der Waals surface area contributed by atoms with Gasteiger partial charge in [-0.15, -0.1) is 6.58 Å². The summed E-state index contributed by atoms with van der Waals surface area (Å²) in [5, 5.41) is 0. The van der Waals surface area contributed by atoms with Crippen LogP contribution in [0.4, 0.5) is 0 Å². The third-order valence-electron chi connectivity index (χ3n) is 5.38. The van der Waals surface area contributed by atoms with Crippen LogP contribution in [0.25, 0.3) is 0 Å². The summed E-state index contributed by atoms with van der Waals surface area (Å²) in [6.45, 7) is 12.8. The number of hydrogen-bond acceptors (Lipinski definition) is 3. The topological polar surface area (TPSA) is 51.5 Å². The van der Waals surface area contributed by atoms with Crippen LogP contribution < -0.4 is 0 Å². The molecule has 26 heavy (non-hydrogen) atoms. The molecule has 1 fully saturated rings. The quantitative estimate of drug-likeness (QED) is 0.539. The third-order valence-corrected chi connectivity index (χ3v) is 5.38. The van der Waals surface area contributed by atoms with Crippen LogP contribution in [-0.4, -0.2) is 40.5 Å². The molecular weight excluding hydrogens is 328 g/mol. The van der Waals surface area contributed by atoms with Crippen LogP contribution in [0.15, 0.2) is 12.7 Å². The van der Waals surface area contributed by atoms with E-state index in [2.05, 4.69) is 6.58 Å². The Morgan fingerprint density at radius 1 is 1.23 bits per heavy atom. The molecule has 1 aromatic rings. The van der Waals surface area contributed by atoms with E-state index in [1.165, 1.54) is 19.3 Å². The molecule has 1 aliphatic rings. The molecule has 0 bridgehead atoms. The molecule has 5 heteroatoms. The van der Waals surface area contributed by atoms with Crippen molar-refractivity contribution < 1.29 is 14.3 Å². The van der Waals surface area contributed by atoms with Crippen molar-refractivity contribution in [2.24, 2.45) is 0 Å². The first-order chi connectivity index (χ1) is 12.5. The fraction of sp³-hybridized carbons (Fsp3) is 0.619. The molecule has 0 saturated heterocycles. The van der Waals surface area contributed by atoms with Gasteiger partial charge in [-0.05, 0) is 46.1 Å². The van der Waals surface area contributed by atoms with Crippen LogP contribution in [0.2, 0.25) is 0 Å². The lowest BCUT2D eigenvalue weighted by molar-refractivity contribution is 0.0513. The minimum atomic E-state index is -0.380. The van der Waals surface area contributed by atoms with E-state index in [1.807, 2.05) is 30.2 Å². The molecule has 0 aliphatic heterocycles. The lowest BCUT2D eigenvalue weighted by Crippen LogP contribution is -2.41. The second-order valence-corrected chi connectivity index (χ2v) is 6.94. The van der Waals surface area contributed by atoms with Crippen molar-refractivity contribution in [1.82, 2.24) is 9.47 Å². The van der Waals surface area contributed by atoms with Crippen molar-refractivity contribution in [3.05, 3.63) is 35.2 Å². The molecule has 0 aromatic carbocycles. The van der Waals surface area contributed by atoms with Gasteiger partial charge < -0.3 is 14.2 Å². The molecule has 2 rings (SSSR count). The van der Waals surface area contributed by atoms with E-state index in [0.29, 0.717) is 42.6 Å². The second-order valence-electron chi connectivity index (χ2n) is 6.94. The van der Waals surface area contributed by atoms with Crippen LogP contribution in [0.5, 0.6) is 0 Å². The summed E-state index contributed by atoms with van der Waals surface area (Å²) >= 11 is 0. The summed E-state index contributed by atoms with van der Waals surface area (Å²) < 4.78 is 7.08. The van der Waals surface area contributed by atoms with E-state index in [1.54, 1.807) is 13.0 Å². The number of esters is 1. The monoisotopic (exact) mass is 360 g/mol. The van der Waals surface area contributed by atoms with Crippen LogP contribution in [0, 0.1) is 13.8 Å². The zero-order valence-corrected chi connectivity index (χ0v) is 16.6. The Labute approximate surface area is 157 Å². The van der Waals surface area contributed by atoms with Crippen LogP contribution >= 0.6 is 0 Å². The van der Waals surface area contributed by atoms with E-state index >= 15 is 0 Å².